The summed E-state index contributed by atoms with van der Waals surface area (Å²) < 4.78 is 19.8. The van der Waals surface area contributed by atoms with E-state index in [2.05, 4.69) is 22.5 Å². The van der Waals surface area contributed by atoms with Crippen molar-refractivity contribution in [3.8, 4) is 10.4 Å². The lowest BCUT2D eigenvalue weighted by molar-refractivity contribution is 0.0981. The predicted octanol–water partition coefficient (Wildman–Crippen LogP) is 7.17. The van der Waals surface area contributed by atoms with Crippen LogP contribution < -0.4 is 15.1 Å². The number of nitrogens with zero attached hydrogens (tertiary/aromatic N) is 3. The van der Waals surface area contributed by atoms with Gasteiger partial charge in [0.05, 0.1) is 22.3 Å². The molecule has 0 saturated carbocycles. The number of benzene rings is 2. The summed E-state index contributed by atoms with van der Waals surface area (Å²) in [6, 6.07) is 19.0. The third-order valence-electron chi connectivity index (χ3n) is 8.40. The fourth-order valence-corrected chi connectivity index (χ4v) is 7.24. The van der Waals surface area contributed by atoms with E-state index in [1.54, 1.807) is 47.1 Å². The van der Waals surface area contributed by atoms with E-state index in [0.717, 1.165) is 22.4 Å². The highest BCUT2D eigenvalue weighted by Crippen LogP contribution is 2.42. The number of hydrogen-bond acceptors (Lipinski definition) is 6. The third-order valence-corrected chi connectivity index (χ3v) is 9.61. The van der Waals surface area contributed by atoms with Gasteiger partial charge in [-0.1, -0.05) is 60.7 Å². The van der Waals surface area contributed by atoms with Crippen molar-refractivity contribution < 1.29 is 23.5 Å². The van der Waals surface area contributed by atoms with Gasteiger partial charge in [0.15, 0.2) is 0 Å². The second kappa shape index (κ2) is 11.8. The quantitative estimate of drug-likeness (QED) is 0.256. The molecule has 1 aliphatic carbocycles. The molecule has 2 aromatic heterocycles. The van der Waals surface area contributed by atoms with Gasteiger partial charge in [0.25, 0.3) is 11.8 Å². The van der Waals surface area contributed by atoms with Gasteiger partial charge in [-0.2, -0.15) is 0 Å². The van der Waals surface area contributed by atoms with Crippen molar-refractivity contribution in [3.63, 3.8) is 0 Å². The van der Waals surface area contributed by atoms with Crippen LogP contribution in [0.4, 0.5) is 26.4 Å². The second-order valence-electron chi connectivity index (χ2n) is 11.2. The Hall–Kier alpha value is -5.09. The molecule has 0 spiro atoms. The first-order chi connectivity index (χ1) is 21.9. The van der Waals surface area contributed by atoms with Crippen molar-refractivity contribution in [2.45, 2.75) is 25.8 Å². The highest BCUT2D eigenvalue weighted by atomic mass is 32.1. The van der Waals surface area contributed by atoms with Crippen molar-refractivity contribution in [1.29, 1.82) is 0 Å². The Balaban J connectivity index is 1.17. The van der Waals surface area contributed by atoms with E-state index >= 15 is 0 Å². The number of thiophene rings is 1. The maximum Gasteiger partial charge on any atom is 0.415 e. The van der Waals surface area contributed by atoms with Crippen molar-refractivity contribution in [2.75, 3.05) is 28.3 Å². The van der Waals surface area contributed by atoms with Gasteiger partial charge in [-0.3, -0.25) is 14.5 Å². The number of nitrogens with one attached hydrogen (secondary N) is 1. The molecule has 1 saturated heterocycles. The molecule has 1 unspecified atom stereocenters. The molecule has 226 valence electrons. The van der Waals surface area contributed by atoms with E-state index in [4.69, 9.17) is 4.74 Å². The van der Waals surface area contributed by atoms with Crippen molar-refractivity contribution in [3.05, 3.63) is 119 Å². The number of carbonyl (C=O) groups is 3. The van der Waals surface area contributed by atoms with Crippen LogP contribution in [0.2, 0.25) is 0 Å². The number of aryl methyl sites for hydroxylation is 1. The first kappa shape index (κ1) is 28.7. The predicted molar refractivity (Wildman–Crippen MR) is 172 cm³/mol. The van der Waals surface area contributed by atoms with E-state index in [0.29, 0.717) is 34.9 Å². The zero-order chi connectivity index (χ0) is 31.1. The first-order valence-electron chi connectivity index (χ1n) is 14.8. The normalized spacial score (nSPS) is 18.7. The van der Waals surface area contributed by atoms with E-state index in [-0.39, 0.29) is 41.8 Å². The number of rotatable bonds is 5. The number of carbonyl (C=O) groups excluding carboxylic acids is 3. The fraction of sp³-hybridized carbons (Fsp3) is 0.200. The summed E-state index contributed by atoms with van der Waals surface area (Å²) in [5.74, 6) is -0.705. The number of anilines is 3. The van der Waals surface area contributed by atoms with E-state index in [9.17, 15) is 18.8 Å². The SMILES string of the molecule is Cc1cccc(F)c1NC(=O)c1cc2c(s1)-c1ccccc1N(C(=O)c1cccc(N3C(=O)OC[C@H]3C3C=CC=CC3)n1)CC2. The Morgan fingerprint density at radius 2 is 1.91 bits per heavy atom. The molecule has 0 bridgehead atoms. The summed E-state index contributed by atoms with van der Waals surface area (Å²) in [6.45, 7) is 2.35. The molecule has 1 fully saturated rings. The lowest BCUT2D eigenvalue weighted by Crippen LogP contribution is -2.40. The largest absolute Gasteiger partial charge is 0.447 e. The Bertz CT molecular complexity index is 1880. The van der Waals surface area contributed by atoms with Crippen molar-refractivity contribution in [2.24, 2.45) is 5.92 Å². The third kappa shape index (κ3) is 5.31. The van der Waals surface area contributed by atoms with Crippen LogP contribution in [-0.4, -0.2) is 42.1 Å². The average Bonchev–Trinajstić information content (AvgIpc) is 3.63. The van der Waals surface area contributed by atoms with E-state index in [1.807, 2.05) is 42.5 Å². The topological polar surface area (TPSA) is 91.8 Å². The molecule has 4 aromatic rings. The van der Waals surface area contributed by atoms with Gasteiger partial charge in [-0.05, 0) is 61.2 Å². The van der Waals surface area contributed by atoms with Gasteiger partial charge in [0.1, 0.15) is 23.9 Å². The summed E-state index contributed by atoms with van der Waals surface area (Å²) in [5.41, 5.74) is 3.46. The van der Waals surface area contributed by atoms with Gasteiger partial charge in [0.2, 0.25) is 0 Å². The second-order valence-corrected chi connectivity index (χ2v) is 12.2. The van der Waals surface area contributed by atoms with Crippen LogP contribution in [0, 0.1) is 18.7 Å². The summed E-state index contributed by atoms with van der Waals surface area (Å²) in [6.07, 6.45) is 8.89. The molecular weight excluding hydrogens is 591 g/mol. The van der Waals surface area contributed by atoms with Gasteiger partial charge in [0, 0.05) is 22.9 Å². The van der Waals surface area contributed by atoms with Crippen LogP contribution in [0.15, 0.2) is 91.0 Å². The number of fused-ring (bicyclic) bond motifs is 3. The number of aromatic nitrogens is 1. The molecule has 2 aliphatic heterocycles. The van der Waals surface area contributed by atoms with Crippen LogP contribution in [0.1, 0.15) is 37.7 Å². The molecule has 2 aromatic carbocycles. The van der Waals surface area contributed by atoms with Crippen molar-refractivity contribution >= 4 is 46.4 Å². The number of para-hydroxylation sites is 2. The molecule has 10 heteroatoms. The maximum atomic E-state index is 14.4. The average molecular weight is 621 g/mol. The lowest BCUT2D eigenvalue weighted by atomic mass is 9.92. The molecule has 4 heterocycles. The van der Waals surface area contributed by atoms with Gasteiger partial charge < -0.3 is 15.0 Å². The molecule has 2 atom stereocenters. The molecular formula is C35H29FN4O4S. The first-order valence-corrected chi connectivity index (χ1v) is 15.6. The van der Waals surface area contributed by atoms with E-state index < -0.39 is 11.9 Å². The minimum atomic E-state index is -0.487. The smallest absolute Gasteiger partial charge is 0.415 e. The van der Waals surface area contributed by atoms with Crippen LogP contribution >= 0.6 is 11.3 Å². The van der Waals surface area contributed by atoms with Crippen LogP contribution in [0.25, 0.3) is 10.4 Å². The Kier molecular flexibility index (Phi) is 7.50. The molecule has 1 N–H and O–H groups in total. The maximum absolute atomic E-state index is 14.4. The molecule has 7 rings (SSSR count). The van der Waals surface area contributed by atoms with Gasteiger partial charge in [-0.15, -0.1) is 11.3 Å². The number of allylic oxidation sites excluding steroid dienone is 3. The van der Waals surface area contributed by atoms with Crippen LogP contribution in [0.5, 0.6) is 0 Å². The highest BCUT2D eigenvalue weighted by molar-refractivity contribution is 7.17. The summed E-state index contributed by atoms with van der Waals surface area (Å²) in [4.78, 5) is 49.3. The molecule has 0 radical (unpaired) electrons. The number of cyclic esters (lactones) is 1. The minimum Gasteiger partial charge on any atom is -0.447 e. The molecule has 3 amide bonds. The van der Waals surface area contributed by atoms with Gasteiger partial charge in [-0.25, -0.2) is 14.2 Å². The lowest BCUT2D eigenvalue weighted by Gasteiger charge is -2.27. The summed E-state index contributed by atoms with van der Waals surface area (Å²) >= 11 is 1.32. The zero-order valence-corrected chi connectivity index (χ0v) is 25.2. The zero-order valence-electron chi connectivity index (χ0n) is 24.4. The Morgan fingerprint density at radius 3 is 2.73 bits per heavy atom. The number of pyridine rings is 1. The van der Waals surface area contributed by atoms with Crippen LogP contribution in [-0.2, 0) is 11.2 Å². The number of halogens is 1. The minimum absolute atomic E-state index is 0.0850. The molecule has 8 nitrogen and oxygen atoms in total. The summed E-state index contributed by atoms with van der Waals surface area (Å²) in [5, 5.41) is 2.73. The molecule has 3 aliphatic rings. The van der Waals surface area contributed by atoms with Crippen molar-refractivity contribution in [1.82, 2.24) is 4.98 Å². The Morgan fingerprint density at radius 1 is 1.07 bits per heavy atom. The number of ether oxygens (including phenoxy) is 1. The van der Waals surface area contributed by atoms with E-state index in [1.165, 1.54) is 17.4 Å². The van der Waals surface area contributed by atoms with Crippen LogP contribution in [0.3, 0.4) is 0 Å². The monoisotopic (exact) mass is 620 g/mol. The van der Waals surface area contributed by atoms with Gasteiger partial charge >= 0.3 is 6.09 Å². The fourth-order valence-electron chi connectivity index (χ4n) is 6.10. The Labute approximate surface area is 263 Å². The summed E-state index contributed by atoms with van der Waals surface area (Å²) in [7, 11) is 0. The molecule has 45 heavy (non-hydrogen) atoms. The highest BCUT2D eigenvalue weighted by Gasteiger charge is 2.39. The number of amides is 3. The number of hydrogen-bond donors (Lipinski definition) is 1. The standard InChI is InChI=1S/C35H29FN4O4S/c1-21-9-7-13-25(36)31(21)38-33(41)29-19-23-17-18-39(27-15-6-5-12-24(27)32(23)45-29)34(42)26-14-8-16-30(37-26)40-28(20-44-35(40)43)22-10-3-2-4-11-22/h2-10,12-16,19,22,28H,11,17-18,20H2,1H3,(H,38,41)/t22?,28-/m0/s1.